The summed E-state index contributed by atoms with van der Waals surface area (Å²) in [7, 11) is 0. The summed E-state index contributed by atoms with van der Waals surface area (Å²) >= 11 is 5.58. The van der Waals surface area contributed by atoms with Crippen LogP contribution in [0.4, 0.5) is 4.39 Å². The van der Waals surface area contributed by atoms with Crippen LogP contribution in [0.1, 0.15) is 17.3 Å². The summed E-state index contributed by atoms with van der Waals surface area (Å²) in [4.78, 5) is 15.0. The van der Waals surface area contributed by atoms with E-state index >= 15 is 0 Å². The fourth-order valence-electron chi connectivity index (χ4n) is 0.960. The molecule has 0 spiro atoms. The maximum atomic E-state index is 12.7. The fraction of sp³-hybridized carbons (Fsp3) is 0.400. The molecular weight excluding hydrogens is 219 g/mol. The van der Waals surface area contributed by atoms with Crippen LogP contribution in [0.5, 0.6) is 0 Å². The largest absolute Gasteiger partial charge is 0.352 e. The van der Waals surface area contributed by atoms with Crippen LogP contribution in [0, 0.1) is 11.7 Å². The van der Waals surface area contributed by atoms with Crippen molar-refractivity contribution in [3.63, 3.8) is 0 Å². The Hall–Kier alpha value is -1.16. The standard InChI is InChI=1S/C10H12ClFN2O/c1-7(3-11)4-14-10(15)8-2-9(12)6-13-5-8/h2,5-7H,3-4H2,1H3,(H,14,15). The highest BCUT2D eigenvalue weighted by Gasteiger charge is 2.08. The number of alkyl halides is 1. The van der Waals surface area contributed by atoms with Crippen molar-refractivity contribution >= 4 is 17.5 Å². The molecule has 0 aromatic carbocycles. The van der Waals surface area contributed by atoms with Crippen LogP contribution in [0.2, 0.25) is 0 Å². The number of hydrogen-bond acceptors (Lipinski definition) is 2. The number of nitrogens with zero attached hydrogens (tertiary/aromatic N) is 1. The van der Waals surface area contributed by atoms with Gasteiger partial charge in [-0.1, -0.05) is 6.92 Å². The van der Waals surface area contributed by atoms with Gasteiger partial charge in [-0.25, -0.2) is 4.39 Å². The number of aromatic nitrogens is 1. The third-order valence-corrected chi connectivity index (χ3v) is 2.37. The molecule has 0 radical (unpaired) electrons. The zero-order valence-corrected chi connectivity index (χ0v) is 9.09. The van der Waals surface area contributed by atoms with Crippen LogP contribution in [-0.2, 0) is 0 Å². The van der Waals surface area contributed by atoms with E-state index in [1.54, 1.807) is 0 Å². The molecule has 0 fully saturated rings. The van der Waals surface area contributed by atoms with E-state index in [4.69, 9.17) is 11.6 Å². The molecule has 1 atom stereocenters. The highest BCUT2D eigenvalue weighted by atomic mass is 35.5. The lowest BCUT2D eigenvalue weighted by atomic mass is 10.2. The van der Waals surface area contributed by atoms with Crippen LogP contribution in [-0.4, -0.2) is 23.3 Å². The van der Waals surface area contributed by atoms with Gasteiger partial charge in [0.1, 0.15) is 5.82 Å². The summed E-state index contributed by atoms with van der Waals surface area (Å²) < 4.78 is 12.7. The molecule has 15 heavy (non-hydrogen) atoms. The summed E-state index contributed by atoms with van der Waals surface area (Å²) in [5.74, 6) is -0.189. The van der Waals surface area contributed by atoms with E-state index in [0.717, 1.165) is 12.3 Å². The van der Waals surface area contributed by atoms with Gasteiger partial charge in [-0.05, 0) is 12.0 Å². The van der Waals surface area contributed by atoms with E-state index in [1.807, 2.05) is 6.92 Å². The summed E-state index contributed by atoms with van der Waals surface area (Å²) in [6, 6.07) is 1.15. The van der Waals surface area contributed by atoms with Crippen molar-refractivity contribution in [1.29, 1.82) is 0 Å². The first-order chi connectivity index (χ1) is 7.13. The lowest BCUT2D eigenvalue weighted by molar-refractivity contribution is 0.0948. The van der Waals surface area contributed by atoms with E-state index < -0.39 is 5.82 Å². The predicted molar refractivity (Wildman–Crippen MR) is 56.4 cm³/mol. The van der Waals surface area contributed by atoms with Crippen molar-refractivity contribution < 1.29 is 9.18 Å². The average Bonchev–Trinajstić information content (AvgIpc) is 2.25. The maximum absolute atomic E-state index is 12.7. The summed E-state index contributed by atoms with van der Waals surface area (Å²) in [5, 5.41) is 2.65. The molecule has 1 N–H and O–H groups in total. The first kappa shape index (κ1) is 11.9. The van der Waals surface area contributed by atoms with Crippen LogP contribution < -0.4 is 5.32 Å². The van der Waals surface area contributed by atoms with Crippen molar-refractivity contribution in [2.24, 2.45) is 5.92 Å². The Morgan fingerprint density at radius 2 is 2.40 bits per heavy atom. The molecule has 1 amide bonds. The average molecular weight is 231 g/mol. The Kier molecular flexibility index (Phi) is 4.49. The normalized spacial score (nSPS) is 12.2. The van der Waals surface area contributed by atoms with Crippen LogP contribution in [0.15, 0.2) is 18.5 Å². The van der Waals surface area contributed by atoms with Crippen LogP contribution >= 0.6 is 11.6 Å². The Balaban J connectivity index is 2.54. The van der Waals surface area contributed by atoms with E-state index in [1.165, 1.54) is 6.20 Å². The zero-order chi connectivity index (χ0) is 11.3. The molecule has 1 heterocycles. The Bertz CT molecular complexity index is 346. The number of nitrogens with one attached hydrogen (secondary N) is 1. The molecule has 0 aliphatic carbocycles. The molecule has 82 valence electrons. The van der Waals surface area contributed by atoms with Gasteiger partial charge in [-0.2, -0.15) is 0 Å². The van der Waals surface area contributed by atoms with Crippen molar-refractivity contribution in [3.05, 3.63) is 29.8 Å². The fourth-order valence-corrected chi connectivity index (χ4v) is 1.07. The quantitative estimate of drug-likeness (QED) is 0.802. The highest BCUT2D eigenvalue weighted by Crippen LogP contribution is 2.01. The first-order valence-electron chi connectivity index (χ1n) is 4.58. The molecule has 0 saturated carbocycles. The zero-order valence-electron chi connectivity index (χ0n) is 8.34. The minimum absolute atomic E-state index is 0.192. The number of amides is 1. The van der Waals surface area contributed by atoms with Gasteiger partial charge in [0.2, 0.25) is 0 Å². The molecule has 1 aromatic heterocycles. The van der Waals surface area contributed by atoms with Crippen LogP contribution in [0.25, 0.3) is 0 Å². The Morgan fingerprint density at radius 1 is 1.67 bits per heavy atom. The van der Waals surface area contributed by atoms with Crippen LogP contribution in [0.3, 0.4) is 0 Å². The third-order valence-electron chi connectivity index (χ3n) is 1.84. The van der Waals surface area contributed by atoms with Gasteiger partial charge in [-0.15, -0.1) is 11.6 Å². The molecular formula is C10H12ClFN2O. The maximum Gasteiger partial charge on any atom is 0.252 e. The minimum atomic E-state index is -0.520. The molecule has 3 nitrogen and oxygen atoms in total. The number of pyridine rings is 1. The Morgan fingerprint density at radius 3 is 3.00 bits per heavy atom. The SMILES string of the molecule is CC(CCl)CNC(=O)c1cncc(F)c1. The number of carbonyl (C=O) groups excluding carboxylic acids is 1. The van der Waals surface area contributed by atoms with Gasteiger partial charge in [-0.3, -0.25) is 9.78 Å². The summed E-state index contributed by atoms with van der Waals surface area (Å²) in [5.41, 5.74) is 0.219. The summed E-state index contributed by atoms with van der Waals surface area (Å²) in [6.07, 6.45) is 2.38. The second kappa shape index (κ2) is 5.66. The van der Waals surface area contributed by atoms with Gasteiger partial charge >= 0.3 is 0 Å². The Labute approximate surface area is 92.7 Å². The molecule has 0 aliphatic heterocycles. The molecule has 0 aliphatic rings. The van der Waals surface area contributed by atoms with E-state index in [-0.39, 0.29) is 17.4 Å². The van der Waals surface area contributed by atoms with Crippen molar-refractivity contribution in [2.45, 2.75) is 6.92 Å². The van der Waals surface area contributed by atoms with Gasteiger partial charge in [0.25, 0.3) is 5.91 Å². The predicted octanol–water partition coefficient (Wildman–Crippen LogP) is 1.83. The lowest BCUT2D eigenvalue weighted by Gasteiger charge is -2.08. The minimum Gasteiger partial charge on any atom is -0.352 e. The van der Waals surface area contributed by atoms with E-state index in [2.05, 4.69) is 10.3 Å². The molecule has 5 heteroatoms. The third kappa shape index (κ3) is 3.83. The summed E-state index contributed by atoms with van der Waals surface area (Å²) in [6.45, 7) is 2.38. The topological polar surface area (TPSA) is 42.0 Å². The molecule has 1 aromatic rings. The number of halogens is 2. The van der Waals surface area contributed by atoms with Gasteiger partial charge < -0.3 is 5.32 Å². The number of rotatable bonds is 4. The molecule has 0 bridgehead atoms. The second-order valence-electron chi connectivity index (χ2n) is 3.36. The first-order valence-corrected chi connectivity index (χ1v) is 5.11. The van der Waals surface area contributed by atoms with Gasteiger partial charge in [0.05, 0.1) is 11.8 Å². The second-order valence-corrected chi connectivity index (χ2v) is 3.67. The monoisotopic (exact) mass is 230 g/mol. The van der Waals surface area contributed by atoms with E-state index in [0.29, 0.717) is 12.4 Å². The highest BCUT2D eigenvalue weighted by molar-refractivity contribution is 6.18. The molecule has 1 rings (SSSR count). The molecule has 0 saturated heterocycles. The smallest absolute Gasteiger partial charge is 0.252 e. The van der Waals surface area contributed by atoms with E-state index in [9.17, 15) is 9.18 Å². The van der Waals surface area contributed by atoms with Gasteiger partial charge in [0.15, 0.2) is 0 Å². The van der Waals surface area contributed by atoms with Crippen molar-refractivity contribution in [3.8, 4) is 0 Å². The lowest BCUT2D eigenvalue weighted by Crippen LogP contribution is -2.29. The molecule has 1 unspecified atom stereocenters. The number of carbonyl (C=O) groups is 1. The van der Waals surface area contributed by atoms with Crippen molar-refractivity contribution in [2.75, 3.05) is 12.4 Å². The van der Waals surface area contributed by atoms with Crippen molar-refractivity contribution in [1.82, 2.24) is 10.3 Å². The van der Waals surface area contributed by atoms with Gasteiger partial charge in [0, 0.05) is 18.6 Å². The number of hydrogen-bond donors (Lipinski definition) is 1.